The second-order valence-electron chi connectivity index (χ2n) is 3.26. The summed E-state index contributed by atoms with van der Waals surface area (Å²) in [5.41, 5.74) is 0.249. The Kier molecular flexibility index (Phi) is 3.86. The molecule has 1 N–H and O–H groups in total. The maximum absolute atomic E-state index is 13.2. The predicted molar refractivity (Wildman–Crippen MR) is 54.4 cm³/mol. The monoisotopic (exact) mass is 199 g/mol. The molecule has 78 valence electrons. The lowest BCUT2D eigenvalue weighted by molar-refractivity contribution is 0.508. The molecule has 0 radical (unpaired) electrons. The number of anilines is 1. The molecule has 0 amide bonds. The highest BCUT2D eigenvalue weighted by Crippen LogP contribution is 2.18. The number of nitrogens with one attached hydrogen (secondary N) is 1. The fourth-order valence-electron chi connectivity index (χ4n) is 1.33. The summed E-state index contributed by atoms with van der Waals surface area (Å²) in [6, 6.07) is 4.37. The Bertz CT molecular complexity index is 295. The average molecular weight is 199 g/mol. The summed E-state index contributed by atoms with van der Waals surface area (Å²) in [6.07, 6.45) is 1.79. The van der Waals surface area contributed by atoms with Gasteiger partial charge >= 0.3 is 0 Å². The van der Waals surface area contributed by atoms with Crippen LogP contribution < -0.4 is 5.32 Å². The number of halogens is 2. The van der Waals surface area contributed by atoms with Gasteiger partial charge in [-0.25, -0.2) is 8.78 Å². The smallest absolute Gasteiger partial charge is 0.181 e. The van der Waals surface area contributed by atoms with E-state index < -0.39 is 11.6 Å². The standard InChI is InChI=1S/C11H15F2N/c1-3-8(4-2)14-10-7-5-6-9(12)11(10)13/h5-8,14H,3-4H2,1-2H3. The van der Waals surface area contributed by atoms with E-state index >= 15 is 0 Å². The molecule has 0 atom stereocenters. The maximum Gasteiger partial charge on any atom is 0.181 e. The zero-order valence-electron chi connectivity index (χ0n) is 8.48. The summed E-state index contributed by atoms with van der Waals surface area (Å²) in [6.45, 7) is 4.02. The molecule has 0 aliphatic heterocycles. The van der Waals surface area contributed by atoms with Crippen LogP contribution in [0.2, 0.25) is 0 Å². The minimum absolute atomic E-state index is 0.200. The molecule has 0 saturated heterocycles. The minimum atomic E-state index is -0.805. The van der Waals surface area contributed by atoms with Crippen molar-refractivity contribution in [1.29, 1.82) is 0 Å². The van der Waals surface area contributed by atoms with E-state index in [-0.39, 0.29) is 11.7 Å². The molecule has 1 rings (SSSR count). The van der Waals surface area contributed by atoms with E-state index in [4.69, 9.17) is 0 Å². The second-order valence-corrected chi connectivity index (χ2v) is 3.26. The first-order valence-electron chi connectivity index (χ1n) is 4.89. The van der Waals surface area contributed by atoms with Crippen LogP contribution in [0, 0.1) is 11.6 Å². The van der Waals surface area contributed by atoms with Crippen molar-refractivity contribution in [2.75, 3.05) is 5.32 Å². The van der Waals surface area contributed by atoms with E-state index in [1.807, 2.05) is 13.8 Å². The van der Waals surface area contributed by atoms with Gasteiger partial charge in [-0.2, -0.15) is 0 Å². The SMILES string of the molecule is CCC(CC)Nc1cccc(F)c1F. The lowest BCUT2D eigenvalue weighted by atomic mass is 10.1. The van der Waals surface area contributed by atoms with Crippen LogP contribution in [0.4, 0.5) is 14.5 Å². The van der Waals surface area contributed by atoms with Gasteiger partial charge in [-0.3, -0.25) is 0 Å². The van der Waals surface area contributed by atoms with Crippen molar-refractivity contribution in [3.63, 3.8) is 0 Å². The third kappa shape index (κ3) is 2.44. The van der Waals surface area contributed by atoms with E-state index in [9.17, 15) is 8.78 Å². The van der Waals surface area contributed by atoms with Gasteiger partial charge in [0.2, 0.25) is 0 Å². The van der Waals surface area contributed by atoms with Gasteiger partial charge in [-0.1, -0.05) is 19.9 Å². The summed E-state index contributed by atoms with van der Waals surface area (Å²) in [5.74, 6) is -1.60. The van der Waals surface area contributed by atoms with Crippen LogP contribution in [0.25, 0.3) is 0 Å². The summed E-state index contributed by atoms with van der Waals surface area (Å²) < 4.78 is 26.0. The molecule has 14 heavy (non-hydrogen) atoms. The van der Waals surface area contributed by atoms with E-state index in [0.717, 1.165) is 18.9 Å². The predicted octanol–water partition coefficient (Wildman–Crippen LogP) is 3.57. The Morgan fingerprint density at radius 2 is 1.86 bits per heavy atom. The van der Waals surface area contributed by atoms with E-state index in [2.05, 4.69) is 5.32 Å². The van der Waals surface area contributed by atoms with Gasteiger partial charge in [-0.05, 0) is 25.0 Å². The molecule has 0 unspecified atom stereocenters. The summed E-state index contributed by atoms with van der Waals surface area (Å²) in [5, 5.41) is 2.97. The molecule has 0 saturated carbocycles. The highest BCUT2D eigenvalue weighted by atomic mass is 19.2. The van der Waals surface area contributed by atoms with Crippen molar-refractivity contribution in [1.82, 2.24) is 0 Å². The van der Waals surface area contributed by atoms with Gasteiger partial charge in [0.15, 0.2) is 11.6 Å². The minimum Gasteiger partial charge on any atom is -0.380 e. The van der Waals surface area contributed by atoms with Gasteiger partial charge in [0.1, 0.15) is 0 Å². The molecule has 0 fully saturated rings. The molecule has 1 aromatic rings. The number of hydrogen-bond acceptors (Lipinski definition) is 1. The molecule has 0 aromatic heterocycles. The quantitative estimate of drug-likeness (QED) is 0.781. The van der Waals surface area contributed by atoms with Crippen LogP contribution in [-0.4, -0.2) is 6.04 Å². The van der Waals surface area contributed by atoms with Crippen LogP contribution in [0.15, 0.2) is 18.2 Å². The van der Waals surface area contributed by atoms with Crippen LogP contribution in [-0.2, 0) is 0 Å². The Morgan fingerprint density at radius 3 is 2.43 bits per heavy atom. The van der Waals surface area contributed by atoms with Crippen molar-refractivity contribution >= 4 is 5.69 Å². The van der Waals surface area contributed by atoms with E-state index in [0.29, 0.717) is 0 Å². The fraction of sp³-hybridized carbons (Fsp3) is 0.455. The Hall–Kier alpha value is -1.12. The van der Waals surface area contributed by atoms with Gasteiger partial charge in [0.25, 0.3) is 0 Å². The number of benzene rings is 1. The molecule has 0 aliphatic rings. The number of rotatable bonds is 4. The lowest BCUT2D eigenvalue weighted by Crippen LogP contribution is -2.18. The first kappa shape index (κ1) is 11.0. The summed E-state index contributed by atoms with van der Waals surface area (Å²) in [4.78, 5) is 0. The largest absolute Gasteiger partial charge is 0.380 e. The Morgan fingerprint density at radius 1 is 1.21 bits per heavy atom. The van der Waals surface area contributed by atoms with E-state index in [1.165, 1.54) is 6.07 Å². The topological polar surface area (TPSA) is 12.0 Å². The van der Waals surface area contributed by atoms with Crippen molar-refractivity contribution in [3.8, 4) is 0 Å². The molecular formula is C11H15F2N. The van der Waals surface area contributed by atoms with Crippen LogP contribution >= 0.6 is 0 Å². The van der Waals surface area contributed by atoms with Crippen LogP contribution in [0.1, 0.15) is 26.7 Å². The van der Waals surface area contributed by atoms with Crippen molar-refractivity contribution in [2.45, 2.75) is 32.7 Å². The van der Waals surface area contributed by atoms with Crippen molar-refractivity contribution in [2.24, 2.45) is 0 Å². The lowest BCUT2D eigenvalue weighted by Gasteiger charge is -2.16. The maximum atomic E-state index is 13.2. The highest BCUT2D eigenvalue weighted by molar-refractivity contribution is 5.45. The summed E-state index contributed by atoms with van der Waals surface area (Å²) >= 11 is 0. The zero-order chi connectivity index (χ0) is 10.6. The van der Waals surface area contributed by atoms with Crippen LogP contribution in [0.5, 0.6) is 0 Å². The third-order valence-corrected chi connectivity index (χ3v) is 2.30. The number of hydrogen-bond donors (Lipinski definition) is 1. The van der Waals surface area contributed by atoms with Crippen molar-refractivity contribution in [3.05, 3.63) is 29.8 Å². The molecule has 0 heterocycles. The van der Waals surface area contributed by atoms with Gasteiger partial charge < -0.3 is 5.32 Å². The van der Waals surface area contributed by atoms with Gasteiger partial charge in [0.05, 0.1) is 5.69 Å². The zero-order valence-corrected chi connectivity index (χ0v) is 8.48. The second kappa shape index (κ2) is 4.94. The molecule has 0 aliphatic carbocycles. The van der Waals surface area contributed by atoms with Crippen LogP contribution in [0.3, 0.4) is 0 Å². The molecular weight excluding hydrogens is 184 g/mol. The summed E-state index contributed by atoms with van der Waals surface area (Å²) in [7, 11) is 0. The van der Waals surface area contributed by atoms with Crippen molar-refractivity contribution < 1.29 is 8.78 Å². The first-order chi connectivity index (χ1) is 6.69. The highest BCUT2D eigenvalue weighted by Gasteiger charge is 2.10. The van der Waals surface area contributed by atoms with Gasteiger partial charge in [0, 0.05) is 6.04 Å². The fourth-order valence-corrected chi connectivity index (χ4v) is 1.33. The molecule has 3 heteroatoms. The van der Waals surface area contributed by atoms with Gasteiger partial charge in [-0.15, -0.1) is 0 Å². The molecule has 1 nitrogen and oxygen atoms in total. The third-order valence-electron chi connectivity index (χ3n) is 2.30. The molecule has 0 bridgehead atoms. The van der Waals surface area contributed by atoms with E-state index in [1.54, 1.807) is 6.07 Å². The molecule has 0 spiro atoms. The molecule has 1 aromatic carbocycles. The normalized spacial score (nSPS) is 10.6. The first-order valence-corrected chi connectivity index (χ1v) is 4.89. The average Bonchev–Trinajstić information content (AvgIpc) is 2.20. The Balaban J connectivity index is 2.80. The Labute approximate surface area is 83.1 Å².